The molecule has 0 bridgehead atoms. The van der Waals surface area contributed by atoms with Crippen LogP contribution in [0.15, 0.2) is 35.7 Å². The zero-order chi connectivity index (χ0) is 20.6. The summed E-state index contributed by atoms with van der Waals surface area (Å²) >= 11 is 1.76. The number of benzene rings is 1. The molecule has 0 radical (unpaired) electrons. The highest BCUT2D eigenvalue weighted by atomic mass is 32.1. The summed E-state index contributed by atoms with van der Waals surface area (Å²) in [6, 6.07) is 10.6. The van der Waals surface area contributed by atoms with Crippen molar-refractivity contribution < 1.29 is 9.47 Å². The third kappa shape index (κ3) is 9.71. The fourth-order valence-electron chi connectivity index (χ4n) is 3.49. The lowest BCUT2D eigenvalue weighted by atomic mass is 10.1. The van der Waals surface area contributed by atoms with Gasteiger partial charge in [-0.3, -0.25) is 0 Å². The topological polar surface area (TPSA) is 18.5 Å². The van der Waals surface area contributed by atoms with E-state index < -0.39 is 0 Å². The minimum absolute atomic E-state index is 0.794. The summed E-state index contributed by atoms with van der Waals surface area (Å²) in [4.78, 5) is 1.24. The lowest BCUT2D eigenvalue weighted by Crippen LogP contribution is -2.01. The molecule has 1 aromatic carbocycles. The molecule has 2 nitrogen and oxygen atoms in total. The number of hydrogen-bond donors (Lipinski definition) is 0. The maximum Gasteiger partial charge on any atom is 0.128 e. The van der Waals surface area contributed by atoms with E-state index in [0.29, 0.717) is 0 Å². The molecule has 0 spiro atoms. The van der Waals surface area contributed by atoms with Crippen LogP contribution in [0.25, 0.3) is 10.4 Å². The number of rotatable bonds is 17. The Hall–Kier alpha value is -1.48. The van der Waals surface area contributed by atoms with Crippen LogP contribution in [0.4, 0.5) is 0 Å². The lowest BCUT2D eigenvalue weighted by Gasteiger charge is -2.13. The van der Waals surface area contributed by atoms with Crippen molar-refractivity contribution in [2.75, 3.05) is 13.2 Å². The molecule has 1 heterocycles. The Balaban J connectivity index is 1.81. The van der Waals surface area contributed by atoms with Crippen LogP contribution >= 0.6 is 11.3 Å². The molecule has 0 aliphatic carbocycles. The first kappa shape index (κ1) is 23.8. The predicted octanol–water partition coefficient (Wildman–Crippen LogP) is 8.89. The summed E-state index contributed by atoms with van der Waals surface area (Å²) < 4.78 is 12.2. The first-order valence-electron chi connectivity index (χ1n) is 11.8. The minimum atomic E-state index is 0.794. The van der Waals surface area contributed by atoms with E-state index >= 15 is 0 Å². The van der Waals surface area contributed by atoms with E-state index in [1.165, 1.54) is 69.1 Å². The third-order valence-corrected chi connectivity index (χ3v) is 6.16. The molecule has 0 unspecified atom stereocenters. The van der Waals surface area contributed by atoms with E-state index in [0.717, 1.165) is 43.1 Å². The van der Waals surface area contributed by atoms with Crippen molar-refractivity contribution in [3.05, 3.63) is 35.7 Å². The van der Waals surface area contributed by atoms with Crippen molar-refractivity contribution in [2.45, 2.75) is 90.9 Å². The van der Waals surface area contributed by atoms with Gasteiger partial charge in [0.15, 0.2) is 0 Å². The Kier molecular flexibility index (Phi) is 12.6. The standard InChI is InChI=1S/C26H40O2S/c1-3-5-7-9-11-13-19-27-23-17-18-25(24(22-23)26-16-15-21-29-26)28-20-14-12-10-8-6-4-2/h15-18,21-22H,3-14,19-20H2,1-2H3. The fraction of sp³-hybridized carbons (Fsp3) is 0.615. The second kappa shape index (κ2) is 15.4. The van der Waals surface area contributed by atoms with Crippen molar-refractivity contribution in [1.82, 2.24) is 0 Å². The number of hydrogen-bond acceptors (Lipinski definition) is 3. The molecule has 3 heteroatoms. The van der Waals surface area contributed by atoms with E-state index in [9.17, 15) is 0 Å². The number of thiophene rings is 1. The van der Waals surface area contributed by atoms with Gasteiger partial charge in [-0.1, -0.05) is 84.1 Å². The van der Waals surface area contributed by atoms with Crippen LogP contribution in [0.2, 0.25) is 0 Å². The van der Waals surface area contributed by atoms with Crippen molar-refractivity contribution >= 4 is 11.3 Å². The Morgan fingerprint density at radius 3 is 1.93 bits per heavy atom. The second-order valence-corrected chi connectivity index (χ2v) is 8.82. The van der Waals surface area contributed by atoms with Gasteiger partial charge in [0.2, 0.25) is 0 Å². The van der Waals surface area contributed by atoms with Gasteiger partial charge in [-0.05, 0) is 42.5 Å². The van der Waals surface area contributed by atoms with Gasteiger partial charge < -0.3 is 9.47 Å². The van der Waals surface area contributed by atoms with Gasteiger partial charge in [0, 0.05) is 10.4 Å². The van der Waals surface area contributed by atoms with Gasteiger partial charge in [0.1, 0.15) is 11.5 Å². The number of unbranched alkanes of at least 4 members (excludes halogenated alkanes) is 10. The minimum Gasteiger partial charge on any atom is -0.494 e. The third-order valence-electron chi connectivity index (χ3n) is 5.26. The highest BCUT2D eigenvalue weighted by Crippen LogP contribution is 2.36. The van der Waals surface area contributed by atoms with Gasteiger partial charge in [-0.2, -0.15) is 0 Å². The number of ether oxygens (including phenoxy) is 2. The molecular weight excluding hydrogens is 376 g/mol. The van der Waals surface area contributed by atoms with Crippen LogP contribution < -0.4 is 9.47 Å². The van der Waals surface area contributed by atoms with Gasteiger partial charge in [-0.15, -0.1) is 11.3 Å². The van der Waals surface area contributed by atoms with E-state index in [4.69, 9.17) is 9.47 Å². The highest BCUT2D eigenvalue weighted by molar-refractivity contribution is 7.13. The molecule has 2 aromatic rings. The maximum atomic E-state index is 6.15. The molecular formula is C26H40O2S. The molecule has 162 valence electrons. The molecule has 2 rings (SSSR count). The van der Waals surface area contributed by atoms with Crippen LogP contribution in [0.3, 0.4) is 0 Å². The van der Waals surface area contributed by atoms with Gasteiger partial charge in [0.05, 0.1) is 13.2 Å². The van der Waals surface area contributed by atoms with Crippen LogP contribution in [0.1, 0.15) is 90.9 Å². The predicted molar refractivity (Wildman–Crippen MR) is 127 cm³/mol. The quantitative estimate of drug-likeness (QED) is 0.240. The molecule has 0 N–H and O–H groups in total. The summed E-state index contributed by atoms with van der Waals surface area (Å²) in [5, 5.41) is 2.12. The van der Waals surface area contributed by atoms with Crippen LogP contribution in [-0.4, -0.2) is 13.2 Å². The average Bonchev–Trinajstić information content (AvgIpc) is 3.28. The largest absolute Gasteiger partial charge is 0.494 e. The van der Waals surface area contributed by atoms with Crippen molar-refractivity contribution in [3.8, 4) is 21.9 Å². The Labute approximate surface area is 182 Å². The van der Waals surface area contributed by atoms with Crippen molar-refractivity contribution in [2.24, 2.45) is 0 Å². The molecule has 0 saturated carbocycles. The summed E-state index contributed by atoms with van der Waals surface area (Å²) in [6.07, 6.45) is 15.4. The SMILES string of the molecule is CCCCCCCCOc1ccc(OCCCCCCCC)c(-c2cccs2)c1. The average molecular weight is 417 g/mol. The Bertz CT molecular complexity index is 636. The smallest absolute Gasteiger partial charge is 0.128 e. The van der Waals surface area contributed by atoms with Crippen molar-refractivity contribution in [3.63, 3.8) is 0 Å². The molecule has 0 fully saturated rings. The molecule has 29 heavy (non-hydrogen) atoms. The fourth-order valence-corrected chi connectivity index (χ4v) is 4.23. The van der Waals surface area contributed by atoms with Crippen LogP contribution in [0, 0.1) is 0 Å². The summed E-state index contributed by atoms with van der Waals surface area (Å²) in [7, 11) is 0. The highest BCUT2D eigenvalue weighted by Gasteiger charge is 2.10. The summed E-state index contributed by atoms with van der Waals surface area (Å²) in [5.74, 6) is 1.93. The van der Waals surface area contributed by atoms with Crippen LogP contribution in [0.5, 0.6) is 11.5 Å². The Morgan fingerprint density at radius 2 is 1.31 bits per heavy atom. The van der Waals surface area contributed by atoms with Gasteiger partial charge in [-0.25, -0.2) is 0 Å². The van der Waals surface area contributed by atoms with Gasteiger partial charge in [0.25, 0.3) is 0 Å². The molecule has 0 aliphatic rings. The van der Waals surface area contributed by atoms with E-state index in [-0.39, 0.29) is 0 Å². The first-order chi connectivity index (χ1) is 14.3. The zero-order valence-electron chi connectivity index (χ0n) is 18.6. The molecule has 0 amide bonds. The lowest BCUT2D eigenvalue weighted by molar-refractivity contribution is 0.297. The first-order valence-corrected chi connectivity index (χ1v) is 12.7. The monoisotopic (exact) mass is 416 g/mol. The van der Waals surface area contributed by atoms with E-state index in [1.807, 2.05) is 0 Å². The van der Waals surface area contributed by atoms with Gasteiger partial charge >= 0.3 is 0 Å². The van der Waals surface area contributed by atoms with Crippen LogP contribution in [-0.2, 0) is 0 Å². The Morgan fingerprint density at radius 1 is 0.690 bits per heavy atom. The van der Waals surface area contributed by atoms with Crippen molar-refractivity contribution in [1.29, 1.82) is 0 Å². The molecule has 0 aliphatic heterocycles. The second-order valence-electron chi connectivity index (χ2n) is 7.87. The summed E-state index contributed by atoms with van der Waals surface area (Å²) in [5.41, 5.74) is 1.16. The molecule has 0 saturated heterocycles. The van der Waals surface area contributed by atoms with E-state index in [1.54, 1.807) is 11.3 Å². The summed E-state index contributed by atoms with van der Waals surface area (Å²) in [6.45, 7) is 6.11. The molecule has 0 atom stereocenters. The van der Waals surface area contributed by atoms with E-state index in [2.05, 4.69) is 49.6 Å². The zero-order valence-corrected chi connectivity index (χ0v) is 19.4. The molecule has 1 aromatic heterocycles. The normalized spacial score (nSPS) is 11.0. The maximum absolute atomic E-state index is 6.15.